The van der Waals surface area contributed by atoms with Gasteiger partial charge in [0, 0.05) is 18.3 Å². The molecule has 6 heteroatoms. The van der Waals surface area contributed by atoms with E-state index < -0.39 is 5.54 Å². The molecule has 5 rings (SSSR count). The number of nitrogens with zero attached hydrogens (tertiary/aromatic N) is 2. The second-order valence-electron chi connectivity index (χ2n) is 9.52. The lowest BCUT2D eigenvalue weighted by Gasteiger charge is -2.45. The standard InChI is InChI=1S/C28H31N3O3/c1-28(27(33)29-22-10-6-7-11-22)19-30-24(21-8-4-3-5-9-21)16-17-25(30)26(32)31(28)18-20-12-14-23(34-2)15-13-20/h3-5,8-9,12-17,22H,6-7,10-11,18-19H2,1-2H3,(H,29,33). The first-order valence-electron chi connectivity index (χ1n) is 12.0. The van der Waals surface area contributed by atoms with Crippen molar-refractivity contribution in [2.45, 2.75) is 57.3 Å². The molecule has 6 nitrogen and oxygen atoms in total. The minimum absolute atomic E-state index is 0.0837. The molecular formula is C28H31N3O3. The average Bonchev–Trinajstić information content (AvgIpc) is 3.52. The summed E-state index contributed by atoms with van der Waals surface area (Å²) in [6.45, 7) is 2.65. The molecule has 1 saturated carbocycles. The van der Waals surface area contributed by atoms with Gasteiger partial charge in [-0.15, -0.1) is 0 Å². The van der Waals surface area contributed by atoms with E-state index in [1.54, 1.807) is 12.0 Å². The van der Waals surface area contributed by atoms with Crippen molar-refractivity contribution in [1.29, 1.82) is 0 Å². The number of rotatable bonds is 6. The Morgan fingerprint density at radius 3 is 2.35 bits per heavy atom. The van der Waals surface area contributed by atoms with Crippen molar-refractivity contribution in [2.24, 2.45) is 0 Å². The number of hydrogen-bond acceptors (Lipinski definition) is 3. The second-order valence-corrected chi connectivity index (χ2v) is 9.52. The molecule has 2 heterocycles. The molecule has 1 atom stereocenters. The second kappa shape index (κ2) is 9.01. The van der Waals surface area contributed by atoms with Gasteiger partial charge in [0.1, 0.15) is 17.0 Å². The zero-order valence-corrected chi connectivity index (χ0v) is 19.8. The summed E-state index contributed by atoms with van der Waals surface area (Å²) in [4.78, 5) is 29.3. The Morgan fingerprint density at radius 1 is 1.00 bits per heavy atom. The Bertz CT molecular complexity index is 1180. The summed E-state index contributed by atoms with van der Waals surface area (Å²) < 4.78 is 7.29. The Balaban J connectivity index is 1.53. The van der Waals surface area contributed by atoms with E-state index in [2.05, 4.69) is 5.32 Å². The van der Waals surface area contributed by atoms with E-state index in [4.69, 9.17) is 4.74 Å². The molecule has 2 aromatic carbocycles. The number of ether oxygens (including phenoxy) is 1. The number of hydrogen-bond donors (Lipinski definition) is 1. The molecule has 176 valence electrons. The first kappa shape index (κ1) is 22.3. The fourth-order valence-electron chi connectivity index (χ4n) is 5.21. The van der Waals surface area contributed by atoms with Crippen molar-refractivity contribution in [3.8, 4) is 17.0 Å². The van der Waals surface area contributed by atoms with Crippen LogP contribution in [0.4, 0.5) is 0 Å². The zero-order valence-electron chi connectivity index (χ0n) is 19.8. The van der Waals surface area contributed by atoms with Crippen LogP contribution in [0.25, 0.3) is 11.3 Å². The van der Waals surface area contributed by atoms with Crippen molar-refractivity contribution >= 4 is 11.8 Å². The predicted molar refractivity (Wildman–Crippen MR) is 132 cm³/mol. The van der Waals surface area contributed by atoms with Crippen molar-refractivity contribution in [3.05, 3.63) is 78.0 Å². The number of benzene rings is 2. The first-order chi connectivity index (χ1) is 16.5. The van der Waals surface area contributed by atoms with E-state index in [1.165, 1.54) is 0 Å². The third-order valence-electron chi connectivity index (χ3n) is 7.26. The van der Waals surface area contributed by atoms with Crippen LogP contribution in [-0.4, -0.2) is 40.0 Å². The van der Waals surface area contributed by atoms with Gasteiger partial charge >= 0.3 is 0 Å². The van der Waals surface area contributed by atoms with Gasteiger partial charge in [0.05, 0.1) is 13.7 Å². The minimum atomic E-state index is -1.02. The SMILES string of the molecule is COc1ccc(CN2C(=O)c3ccc(-c4ccccc4)n3CC2(C)C(=O)NC2CCCC2)cc1. The van der Waals surface area contributed by atoms with Crippen LogP contribution in [0.5, 0.6) is 5.75 Å². The molecule has 1 aliphatic carbocycles. The summed E-state index contributed by atoms with van der Waals surface area (Å²) in [7, 11) is 1.63. The maximum atomic E-state index is 13.8. The Labute approximate surface area is 200 Å². The van der Waals surface area contributed by atoms with Gasteiger partial charge in [0.25, 0.3) is 5.91 Å². The summed E-state index contributed by atoms with van der Waals surface area (Å²) in [5, 5.41) is 3.26. The van der Waals surface area contributed by atoms with Gasteiger partial charge in [-0.2, -0.15) is 0 Å². The van der Waals surface area contributed by atoms with Gasteiger partial charge in [-0.3, -0.25) is 9.59 Å². The van der Waals surface area contributed by atoms with Crippen molar-refractivity contribution < 1.29 is 14.3 Å². The van der Waals surface area contributed by atoms with Crippen LogP contribution >= 0.6 is 0 Å². The first-order valence-corrected chi connectivity index (χ1v) is 12.0. The van der Waals surface area contributed by atoms with Gasteiger partial charge in [-0.1, -0.05) is 55.3 Å². The predicted octanol–water partition coefficient (Wildman–Crippen LogP) is 4.64. The third kappa shape index (κ3) is 3.98. The minimum Gasteiger partial charge on any atom is -0.497 e. The highest BCUT2D eigenvalue weighted by Gasteiger charge is 2.48. The fraction of sp³-hybridized carbons (Fsp3) is 0.357. The molecule has 3 aromatic rings. The van der Waals surface area contributed by atoms with E-state index >= 15 is 0 Å². The Morgan fingerprint density at radius 2 is 1.68 bits per heavy atom. The van der Waals surface area contributed by atoms with E-state index in [1.807, 2.05) is 78.2 Å². The van der Waals surface area contributed by atoms with Crippen LogP contribution in [0.3, 0.4) is 0 Å². The Kier molecular flexibility index (Phi) is 5.90. The number of carbonyl (C=O) groups excluding carboxylic acids is 2. The van der Waals surface area contributed by atoms with Gasteiger partial charge in [0.2, 0.25) is 5.91 Å². The van der Waals surface area contributed by atoms with Crippen LogP contribution in [0, 0.1) is 0 Å². The van der Waals surface area contributed by atoms with Crippen molar-refractivity contribution in [2.75, 3.05) is 7.11 Å². The van der Waals surface area contributed by atoms with Crippen LogP contribution in [0.1, 0.15) is 48.7 Å². The molecule has 0 bridgehead atoms. The summed E-state index contributed by atoms with van der Waals surface area (Å²) in [5.41, 5.74) is 2.53. The summed E-state index contributed by atoms with van der Waals surface area (Å²) in [6.07, 6.45) is 4.27. The summed E-state index contributed by atoms with van der Waals surface area (Å²) in [6, 6.07) is 21.7. The number of aromatic nitrogens is 1. The molecule has 1 N–H and O–H groups in total. The third-order valence-corrected chi connectivity index (χ3v) is 7.26. The molecule has 1 aromatic heterocycles. The van der Waals surface area contributed by atoms with Gasteiger partial charge in [-0.25, -0.2) is 0 Å². The molecule has 0 spiro atoms. The quantitative estimate of drug-likeness (QED) is 0.587. The number of fused-ring (bicyclic) bond motifs is 1. The molecule has 1 aliphatic heterocycles. The molecule has 1 unspecified atom stereocenters. The molecule has 2 aliphatic rings. The number of carbonyl (C=O) groups is 2. The van der Waals surface area contributed by atoms with E-state index in [0.29, 0.717) is 18.8 Å². The molecule has 1 fully saturated rings. The molecule has 0 saturated heterocycles. The lowest BCUT2D eigenvalue weighted by atomic mass is 9.93. The molecule has 2 amide bonds. The number of amides is 2. The molecule has 34 heavy (non-hydrogen) atoms. The van der Waals surface area contributed by atoms with Crippen LogP contribution in [0.15, 0.2) is 66.7 Å². The average molecular weight is 458 g/mol. The maximum Gasteiger partial charge on any atom is 0.271 e. The maximum absolute atomic E-state index is 13.8. The molecular weight excluding hydrogens is 426 g/mol. The van der Waals surface area contributed by atoms with E-state index in [-0.39, 0.29) is 17.9 Å². The van der Waals surface area contributed by atoms with Gasteiger partial charge in [0.15, 0.2) is 0 Å². The van der Waals surface area contributed by atoms with Crippen molar-refractivity contribution in [1.82, 2.24) is 14.8 Å². The van der Waals surface area contributed by atoms with E-state index in [9.17, 15) is 9.59 Å². The van der Waals surface area contributed by atoms with Crippen LogP contribution < -0.4 is 10.1 Å². The topological polar surface area (TPSA) is 63.6 Å². The smallest absolute Gasteiger partial charge is 0.271 e. The number of nitrogens with one attached hydrogen (secondary N) is 1. The van der Waals surface area contributed by atoms with Crippen molar-refractivity contribution in [3.63, 3.8) is 0 Å². The highest BCUT2D eigenvalue weighted by atomic mass is 16.5. The largest absolute Gasteiger partial charge is 0.497 e. The highest BCUT2D eigenvalue weighted by molar-refractivity contribution is 6.00. The molecule has 0 radical (unpaired) electrons. The summed E-state index contributed by atoms with van der Waals surface area (Å²) >= 11 is 0. The van der Waals surface area contributed by atoms with Gasteiger partial charge < -0.3 is 19.5 Å². The Hall–Kier alpha value is -3.54. The highest BCUT2D eigenvalue weighted by Crippen LogP contribution is 2.34. The fourth-order valence-corrected chi connectivity index (χ4v) is 5.21. The zero-order chi connectivity index (χ0) is 23.7. The van der Waals surface area contributed by atoms with E-state index in [0.717, 1.165) is 48.3 Å². The lowest BCUT2D eigenvalue weighted by Crippen LogP contribution is -2.64. The normalized spacial score (nSPS) is 20.3. The lowest BCUT2D eigenvalue weighted by molar-refractivity contribution is -0.133. The van der Waals surface area contributed by atoms with Gasteiger partial charge in [-0.05, 0) is 55.2 Å². The number of methoxy groups -OCH3 is 1. The van der Waals surface area contributed by atoms with Crippen LogP contribution in [-0.2, 0) is 17.9 Å². The van der Waals surface area contributed by atoms with Crippen LogP contribution in [0.2, 0.25) is 0 Å². The monoisotopic (exact) mass is 457 g/mol. The summed E-state index contributed by atoms with van der Waals surface area (Å²) in [5.74, 6) is 0.546.